The van der Waals surface area contributed by atoms with E-state index in [1.807, 2.05) is 36.7 Å². The van der Waals surface area contributed by atoms with Crippen molar-refractivity contribution in [3.8, 4) is 17.1 Å². The molecule has 0 N–H and O–H groups in total. The fraction of sp³-hybridized carbons (Fsp3) is 0.583. The minimum absolute atomic E-state index is 0.266. The Hall–Kier alpha value is -1.94. The molecule has 1 fully saturated rings. The quantitative estimate of drug-likeness (QED) is 0.315. The van der Waals surface area contributed by atoms with Crippen molar-refractivity contribution in [2.45, 2.75) is 83.8 Å². The number of rotatable bonds is 13. The number of hydrogen-bond donors (Lipinski definition) is 0. The second kappa shape index (κ2) is 11.2. The molecular weight excluding hydrogens is 348 g/mol. The third kappa shape index (κ3) is 6.59. The van der Waals surface area contributed by atoms with E-state index in [0.29, 0.717) is 12.7 Å². The molecule has 0 aliphatic carbocycles. The molecule has 0 radical (unpaired) electrons. The highest BCUT2D eigenvalue weighted by Crippen LogP contribution is 2.27. The van der Waals surface area contributed by atoms with E-state index in [1.165, 1.54) is 44.1 Å². The van der Waals surface area contributed by atoms with E-state index in [-0.39, 0.29) is 6.10 Å². The number of aromatic nitrogens is 2. The Bertz CT molecular complexity index is 685. The third-order valence-corrected chi connectivity index (χ3v) is 5.31. The molecule has 0 saturated carbocycles. The Kier molecular flexibility index (Phi) is 8.28. The van der Waals surface area contributed by atoms with E-state index >= 15 is 0 Å². The summed E-state index contributed by atoms with van der Waals surface area (Å²) >= 11 is 0. The van der Waals surface area contributed by atoms with Gasteiger partial charge >= 0.3 is 0 Å². The summed E-state index contributed by atoms with van der Waals surface area (Å²) in [6.45, 7) is 5.07. The van der Waals surface area contributed by atoms with Crippen molar-refractivity contribution in [2.24, 2.45) is 0 Å². The fourth-order valence-electron chi connectivity index (χ4n) is 3.49. The minimum Gasteiger partial charge on any atom is -0.491 e. The molecule has 0 amide bonds. The van der Waals surface area contributed by atoms with Gasteiger partial charge < -0.3 is 9.47 Å². The molecule has 0 bridgehead atoms. The zero-order chi connectivity index (χ0) is 19.6. The summed E-state index contributed by atoms with van der Waals surface area (Å²) in [5, 5.41) is 0. The van der Waals surface area contributed by atoms with Gasteiger partial charge in [-0.3, -0.25) is 0 Å². The highest BCUT2D eigenvalue weighted by atomic mass is 16.6. The van der Waals surface area contributed by atoms with Crippen LogP contribution in [0, 0.1) is 0 Å². The van der Waals surface area contributed by atoms with Crippen LogP contribution in [0.15, 0.2) is 36.7 Å². The SMILES string of the molecule is CCCCCCCCc1cnc(-c2ccc(OC[C@@H]3O[C@H]3CCC)cc2)nc1. The summed E-state index contributed by atoms with van der Waals surface area (Å²) in [5.41, 5.74) is 2.25. The van der Waals surface area contributed by atoms with Gasteiger partial charge in [0.15, 0.2) is 5.82 Å². The van der Waals surface area contributed by atoms with E-state index in [0.717, 1.165) is 36.4 Å². The Balaban J connectivity index is 1.41. The molecule has 2 heterocycles. The smallest absolute Gasteiger partial charge is 0.159 e. The van der Waals surface area contributed by atoms with Crippen molar-refractivity contribution >= 4 is 0 Å². The Morgan fingerprint density at radius 1 is 0.857 bits per heavy atom. The number of epoxide rings is 1. The largest absolute Gasteiger partial charge is 0.491 e. The summed E-state index contributed by atoms with van der Waals surface area (Å²) in [6.07, 6.45) is 15.8. The maximum Gasteiger partial charge on any atom is 0.159 e. The lowest BCUT2D eigenvalue weighted by Gasteiger charge is -2.06. The van der Waals surface area contributed by atoms with E-state index < -0.39 is 0 Å². The third-order valence-electron chi connectivity index (χ3n) is 5.31. The van der Waals surface area contributed by atoms with Crippen LogP contribution in [-0.2, 0) is 11.2 Å². The molecule has 3 rings (SSSR count). The minimum atomic E-state index is 0.266. The Morgan fingerprint density at radius 2 is 1.57 bits per heavy atom. The molecule has 0 unspecified atom stereocenters. The highest BCUT2D eigenvalue weighted by Gasteiger charge is 2.38. The summed E-state index contributed by atoms with van der Waals surface area (Å²) in [6, 6.07) is 8.02. The molecular formula is C24H34N2O2. The van der Waals surface area contributed by atoms with Crippen molar-refractivity contribution in [3.05, 3.63) is 42.2 Å². The van der Waals surface area contributed by atoms with Gasteiger partial charge in [0.25, 0.3) is 0 Å². The molecule has 1 aromatic carbocycles. The number of hydrogen-bond acceptors (Lipinski definition) is 4. The summed E-state index contributed by atoms with van der Waals surface area (Å²) in [7, 11) is 0. The van der Waals surface area contributed by atoms with Gasteiger partial charge in [0, 0.05) is 18.0 Å². The number of unbranched alkanes of at least 4 members (excludes halogenated alkanes) is 5. The van der Waals surface area contributed by atoms with Gasteiger partial charge in [-0.15, -0.1) is 0 Å². The van der Waals surface area contributed by atoms with Crippen LogP contribution in [0.1, 0.15) is 70.8 Å². The zero-order valence-corrected chi connectivity index (χ0v) is 17.4. The number of benzene rings is 1. The van der Waals surface area contributed by atoms with Crippen LogP contribution in [0.5, 0.6) is 5.75 Å². The monoisotopic (exact) mass is 382 g/mol. The van der Waals surface area contributed by atoms with Gasteiger partial charge in [-0.25, -0.2) is 9.97 Å². The maximum absolute atomic E-state index is 5.83. The van der Waals surface area contributed by atoms with E-state index in [1.54, 1.807) is 0 Å². The lowest BCUT2D eigenvalue weighted by Crippen LogP contribution is -2.07. The van der Waals surface area contributed by atoms with Crippen molar-refractivity contribution in [2.75, 3.05) is 6.61 Å². The highest BCUT2D eigenvalue weighted by molar-refractivity contribution is 5.55. The topological polar surface area (TPSA) is 47.5 Å². The first-order valence-corrected chi connectivity index (χ1v) is 11.0. The van der Waals surface area contributed by atoms with Gasteiger partial charge in [-0.05, 0) is 49.1 Å². The molecule has 2 atom stereocenters. The number of aryl methyl sites for hydroxylation is 1. The standard InChI is InChI=1S/C24H34N2O2/c1-3-5-6-7-8-9-11-19-16-25-24(26-17-19)20-12-14-21(15-13-20)27-18-23-22(28-23)10-4-2/h12-17,22-23H,3-11,18H2,1-2H3/t22-,23-/m0/s1. The molecule has 4 heteroatoms. The van der Waals surface area contributed by atoms with Crippen molar-refractivity contribution in [3.63, 3.8) is 0 Å². The number of nitrogens with zero attached hydrogens (tertiary/aromatic N) is 2. The molecule has 1 saturated heterocycles. The zero-order valence-electron chi connectivity index (χ0n) is 17.4. The predicted octanol–water partition coefficient (Wildman–Crippen LogP) is 5.99. The van der Waals surface area contributed by atoms with Gasteiger partial charge in [-0.2, -0.15) is 0 Å². The van der Waals surface area contributed by atoms with Crippen molar-refractivity contribution in [1.29, 1.82) is 0 Å². The maximum atomic E-state index is 5.83. The average Bonchev–Trinajstić information content (AvgIpc) is 3.48. The van der Waals surface area contributed by atoms with Crippen LogP contribution in [0.2, 0.25) is 0 Å². The van der Waals surface area contributed by atoms with Gasteiger partial charge in [0.05, 0.1) is 6.10 Å². The first-order valence-electron chi connectivity index (χ1n) is 11.0. The van der Waals surface area contributed by atoms with Gasteiger partial charge in [0.1, 0.15) is 18.5 Å². The molecule has 1 aliphatic rings. The van der Waals surface area contributed by atoms with Crippen LogP contribution < -0.4 is 4.74 Å². The van der Waals surface area contributed by atoms with Crippen molar-refractivity contribution < 1.29 is 9.47 Å². The Morgan fingerprint density at radius 3 is 2.29 bits per heavy atom. The Labute approximate surface area is 169 Å². The van der Waals surface area contributed by atoms with Crippen LogP contribution in [0.3, 0.4) is 0 Å². The second-order valence-electron chi connectivity index (χ2n) is 7.77. The average molecular weight is 383 g/mol. The first-order chi connectivity index (χ1) is 13.8. The summed E-state index contributed by atoms with van der Waals surface area (Å²) in [4.78, 5) is 9.10. The van der Waals surface area contributed by atoms with Gasteiger partial charge in [-0.1, -0.05) is 52.4 Å². The van der Waals surface area contributed by atoms with Crippen molar-refractivity contribution in [1.82, 2.24) is 9.97 Å². The molecule has 0 spiro atoms. The van der Waals surface area contributed by atoms with Crippen LogP contribution in [0.25, 0.3) is 11.4 Å². The molecule has 28 heavy (non-hydrogen) atoms. The molecule has 1 aliphatic heterocycles. The van der Waals surface area contributed by atoms with E-state index in [2.05, 4.69) is 23.8 Å². The fourth-order valence-corrected chi connectivity index (χ4v) is 3.49. The lowest BCUT2D eigenvalue weighted by atomic mass is 10.1. The predicted molar refractivity (Wildman–Crippen MR) is 114 cm³/mol. The molecule has 1 aromatic heterocycles. The number of ether oxygens (including phenoxy) is 2. The van der Waals surface area contributed by atoms with Gasteiger partial charge in [0.2, 0.25) is 0 Å². The van der Waals surface area contributed by atoms with E-state index in [4.69, 9.17) is 9.47 Å². The second-order valence-corrected chi connectivity index (χ2v) is 7.77. The first kappa shape index (κ1) is 20.8. The lowest BCUT2D eigenvalue weighted by molar-refractivity contribution is 0.259. The summed E-state index contributed by atoms with van der Waals surface area (Å²) in [5.74, 6) is 1.64. The molecule has 152 valence electrons. The van der Waals surface area contributed by atoms with Crippen LogP contribution in [-0.4, -0.2) is 28.8 Å². The molecule has 4 nitrogen and oxygen atoms in total. The summed E-state index contributed by atoms with van der Waals surface area (Å²) < 4.78 is 11.4. The molecule has 2 aromatic rings. The van der Waals surface area contributed by atoms with Crippen LogP contribution >= 0.6 is 0 Å². The normalized spacial score (nSPS) is 18.2. The van der Waals surface area contributed by atoms with E-state index in [9.17, 15) is 0 Å². The van der Waals surface area contributed by atoms with Crippen LogP contribution in [0.4, 0.5) is 0 Å².